The molecule has 1 aliphatic heterocycles. The van der Waals surface area contributed by atoms with Gasteiger partial charge in [-0.25, -0.2) is 0 Å². The van der Waals surface area contributed by atoms with Crippen molar-refractivity contribution >= 4 is 5.97 Å². The van der Waals surface area contributed by atoms with Crippen LogP contribution < -0.4 is 0 Å². The largest absolute Gasteiger partial charge is 0.462 e. The molecular formula is C17H26O3. The molecule has 3 aliphatic rings. The smallest absolute Gasteiger partial charge is 0.306 e. The van der Waals surface area contributed by atoms with Gasteiger partial charge in [-0.3, -0.25) is 4.79 Å². The molecule has 2 aliphatic carbocycles. The Morgan fingerprint density at radius 2 is 2.05 bits per heavy atom. The number of fused-ring (bicyclic) bond motifs is 1. The monoisotopic (exact) mass is 278 g/mol. The average molecular weight is 278 g/mol. The van der Waals surface area contributed by atoms with E-state index in [0.29, 0.717) is 30.1 Å². The molecule has 20 heavy (non-hydrogen) atoms. The lowest BCUT2D eigenvalue weighted by Crippen LogP contribution is -2.21. The molecule has 1 saturated heterocycles. The number of allylic oxidation sites excluding steroid dienone is 1. The van der Waals surface area contributed by atoms with Crippen molar-refractivity contribution in [3.8, 4) is 0 Å². The van der Waals surface area contributed by atoms with E-state index in [1.165, 1.54) is 19.3 Å². The zero-order valence-corrected chi connectivity index (χ0v) is 12.3. The summed E-state index contributed by atoms with van der Waals surface area (Å²) in [6.07, 6.45) is 11.7. The lowest BCUT2D eigenvalue weighted by Gasteiger charge is -2.25. The SMILES string of the molecule is CC1CC2OC(=O)CC2C1/C=C/C(O)C1CCCCC1. The molecule has 5 atom stereocenters. The van der Waals surface area contributed by atoms with E-state index < -0.39 is 0 Å². The number of esters is 1. The van der Waals surface area contributed by atoms with Crippen molar-refractivity contribution in [3.63, 3.8) is 0 Å². The number of aliphatic hydroxyl groups is 1. The highest BCUT2D eigenvalue weighted by atomic mass is 16.6. The van der Waals surface area contributed by atoms with E-state index in [9.17, 15) is 9.90 Å². The van der Waals surface area contributed by atoms with E-state index in [4.69, 9.17) is 4.74 Å². The summed E-state index contributed by atoms with van der Waals surface area (Å²) < 4.78 is 5.37. The van der Waals surface area contributed by atoms with Gasteiger partial charge in [0.05, 0.1) is 12.5 Å². The van der Waals surface area contributed by atoms with Gasteiger partial charge in [-0.2, -0.15) is 0 Å². The molecule has 0 aromatic heterocycles. The maximum atomic E-state index is 11.4. The molecule has 0 radical (unpaired) electrons. The third-order valence-corrected chi connectivity index (χ3v) is 5.58. The van der Waals surface area contributed by atoms with Crippen LogP contribution in [0.3, 0.4) is 0 Å². The van der Waals surface area contributed by atoms with Gasteiger partial charge in [0, 0.05) is 5.92 Å². The highest BCUT2D eigenvalue weighted by Gasteiger charge is 2.47. The highest BCUT2D eigenvalue weighted by Crippen LogP contribution is 2.45. The Balaban J connectivity index is 1.61. The second-order valence-electron chi connectivity index (χ2n) is 6.96. The summed E-state index contributed by atoms with van der Waals surface area (Å²) in [7, 11) is 0. The first-order valence-corrected chi connectivity index (χ1v) is 8.21. The Morgan fingerprint density at radius 1 is 1.30 bits per heavy atom. The maximum absolute atomic E-state index is 11.4. The van der Waals surface area contributed by atoms with Gasteiger partial charge >= 0.3 is 5.97 Å². The maximum Gasteiger partial charge on any atom is 0.306 e. The van der Waals surface area contributed by atoms with Crippen LogP contribution in [-0.2, 0) is 9.53 Å². The van der Waals surface area contributed by atoms with E-state index >= 15 is 0 Å². The van der Waals surface area contributed by atoms with E-state index in [0.717, 1.165) is 19.3 Å². The van der Waals surface area contributed by atoms with Crippen LogP contribution in [0.15, 0.2) is 12.2 Å². The van der Waals surface area contributed by atoms with Gasteiger partial charge in [0.1, 0.15) is 6.10 Å². The van der Waals surface area contributed by atoms with Crippen molar-refractivity contribution in [2.45, 2.75) is 64.1 Å². The molecular weight excluding hydrogens is 252 g/mol. The van der Waals surface area contributed by atoms with Gasteiger partial charge in [0.25, 0.3) is 0 Å². The summed E-state index contributed by atoms with van der Waals surface area (Å²) in [6.45, 7) is 2.23. The Hall–Kier alpha value is -0.830. The number of carbonyl (C=O) groups excluding carboxylic acids is 1. The summed E-state index contributed by atoms with van der Waals surface area (Å²) in [4.78, 5) is 11.4. The number of aliphatic hydroxyl groups excluding tert-OH is 1. The van der Waals surface area contributed by atoms with Crippen molar-refractivity contribution in [3.05, 3.63) is 12.2 Å². The predicted molar refractivity (Wildman–Crippen MR) is 77.0 cm³/mol. The number of hydrogen-bond donors (Lipinski definition) is 1. The lowest BCUT2D eigenvalue weighted by molar-refractivity contribution is -0.141. The third-order valence-electron chi connectivity index (χ3n) is 5.58. The zero-order valence-electron chi connectivity index (χ0n) is 12.3. The molecule has 3 nitrogen and oxygen atoms in total. The van der Waals surface area contributed by atoms with E-state index in [1.807, 2.05) is 6.08 Å². The topological polar surface area (TPSA) is 46.5 Å². The van der Waals surface area contributed by atoms with Crippen LogP contribution in [0.4, 0.5) is 0 Å². The molecule has 2 saturated carbocycles. The van der Waals surface area contributed by atoms with E-state index in [1.54, 1.807) is 0 Å². The first-order chi connectivity index (χ1) is 9.65. The van der Waals surface area contributed by atoms with Crippen molar-refractivity contribution in [2.75, 3.05) is 0 Å². The average Bonchev–Trinajstić information content (AvgIpc) is 2.92. The second kappa shape index (κ2) is 5.88. The van der Waals surface area contributed by atoms with E-state index in [2.05, 4.69) is 13.0 Å². The number of hydrogen-bond acceptors (Lipinski definition) is 3. The van der Waals surface area contributed by atoms with Gasteiger partial charge in [0.15, 0.2) is 0 Å². The van der Waals surface area contributed by atoms with Crippen LogP contribution >= 0.6 is 0 Å². The minimum Gasteiger partial charge on any atom is -0.462 e. The first kappa shape index (κ1) is 14.1. The molecule has 3 rings (SSSR count). The fourth-order valence-electron chi connectivity index (χ4n) is 4.39. The van der Waals surface area contributed by atoms with Crippen LogP contribution in [0.5, 0.6) is 0 Å². The zero-order chi connectivity index (χ0) is 14.1. The molecule has 3 heteroatoms. The Labute approximate surface area is 121 Å². The van der Waals surface area contributed by atoms with Gasteiger partial charge in [-0.05, 0) is 37.0 Å². The van der Waals surface area contributed by atoms with Crippen LogP contribution in [0.1, 0.15) is 51.9 Å². The molecule has 0 aromatic carbocycles. The third kappa shape index (κ3) is 2.78. The molecule has 0 bridgehead atoms. The first-order valence-electron chi connectivity index (χ1n) is 8.21. The highest BCUT2D eigenvalue weighted by molar-refractivity contribution is 5.72. The fourth-order valence-corrected chi connectivity index (χ4v) is 4.39. The van der Waals surface area contributed by atoms with E-state index in [-0.39, 0.29) is 18.2 Å². The van der Waals surface area contributed by atoms with Gasteiger partial charge in [0.2, 0.25) is 0 Å². The minimum atomic E-state index is -0.306. The normalized spacial score (nSPS) is 40.0. The standard InChI is InChI=1S/C17H26O3/c1-11-9-16-14(10-17(19)20-16)13(11)7-8-15(18)12-5-3-2-4-6-12/h7-8,11-16,18H,2-6,9-10H2,1H3/b8-7+. The van der Waals surface area contributed by atoms with Crippen LogP contribution in [0.2, 0.25) is 0 Å². The predicted octanol–water partition coefficient (Wildman–Crippen LogP) is 3.07. The summed E-state index contributed by atoms with van der Waals surface area (Å²) in [5.41, 5.74) is 0. The second-order valence-corrected chi connectivity index (χ2v) is 6.96. The van der Waals surface area contributed by atoms with Gasteiger partial charge in [-0.1, -0.05) is 38.3 Å². The van der Waals surface area contributed by atoms with Crippen LogP contribution in [-0.4, -0.2) is 23.3 Å². The lowest BCUT2D eigenvalue weighted by atomic mass is 9.83. The summed E-state index contributed by atoms with van der Waals surface area (Å²) >= 11 is 0. The molecule has 112 valence electrons. The minimum absolute atomic E-state index is 0.0434. The Kier molecular flexibility index (Phi) is 4.16. The van der Waals surface area contributed by atoms with Crippen LogP contribution in [0, 0.1) is 23.7 Å². The quantitative estimate of drug-likeness (QED) is 0.637. The summed E-state index contributed by atoms with van der Waals surface area (Å²) in [5, 5.41) is 10.3. The fraction of sp³-hybridized carbons (Fsp3) is 0.824. The molecule has 0 amide bonds. The van der Waals surface area contributed by atoms with Crippen molar-refractivity contribution in [2.24, 2.45) is 23.7 Å². The Morgan fingerprint density at radius 3 is 2.80 bits per heavy atom. The number of carbonyl (C=O) groups is 1. The number of rotatable bonds is 3. The van der Waals surface area contributed by atoms with Gasteiger partial charge in [-0.15, -0.1) is 0 Å². The van der Waals surface area contributed by atoms with Gasteiger partial charge < -0.3 is 9.84 Å². The van der Waals surface area contributed by atoms with Crippen molar-refractivity contribution in [1.82, 2.24) is 0 Å². The number of ether oxygens (including phenoxy) is 1. The molecule has 3 fully saturated rings. The molecule has 1 N–H and O–H groups in total. The molecule has 0 spiro atoms. The molecule has 5 unspecified atom stereocenters. The summed E-state index contributed by atoms with van der Waals surface area (Å²) in [5.74, 6) is 1.68. The summed E-state index contributed by atoms with van der Waals surface area (Å²) in [6, 6.07) is 0. The molecule has 1 heterocycles. The van der Waals surface area contributed by atoms with Crippen molar-refractivity contribution < 1.29 is 14.6 Å². The Bertz CT molecular complexity index is 384. The van der Waals surface area contributed by atoms with Crippen LogP contribution in [0.25, 0.3) is 0 Å². The van der Waals surface area contributed by atoms with Crippen molar-refractivity contribution in [1.29, 1.82) is 0 Å². The molecule has 0 aromatic rings.